The lowest BCUT2D eigenvalue weighted by atomic mass is 10.0. The Hall–Kier alpha value is -2.43. The second-order valence-corrected chi connectivity index (χ2v) is 4.87. The molecule has 0 aliphatic rings. The minimum absolute atomic E-state index is 0.156. The molecular formula is C16H20N2O3. The first-order chi connectivity index (χ1) is 10.1. The predicted molar refractivity (Wildman–Crippen MR) is 80.2 cm³/mol. The van der Waals surface area contributed by atoms with Crippen molar-refractivity contribution >= 4 is 6.03 Å². The molecule has 0 radical (unpaired) electrons. The van der Waals surface area contributed by atoms with Gasteiger partial charge in [-0.25, -0.2) is 4.79 Å². The summed E-state index contributed by atoms with van der Waals surface area (Å²) in [5.74, 6) is 1.48. The Morgan fingerprint density at radius 3 is 2.86 bits per heavy atom. The average Bonchev–Trinajstić information content (AvgIpc) is 2.98. The number of nitrogens with one attached hydrogen (secondary N) is 2. The van der Waals surface area contributed by atoms with Crippen molar-refractivity contribution in [1.29, 1.82) is 0 Å². The summed E-state index contributed by atoms with van der Waals surface area (Å²) < 4.78 is 10.5. The van der Waals surface area contributed by atoms with Crippen molar-refractivity contribution in [3.8, 4) is 5.75 Å². The molecule has 0 spiro atoms. The van der Waals surface area contributed by atoms with Crippen LogP contribution in [0.3, 0.4) is 0 Å². The molecule has 0 aliphatic heterocycles. The molecule has 2 amide bonds. The van der Waals surface area contributed by atoms with Crippen LogP contribution in [0.1, 0.15) is 29.9 Å². The van der Waals surface area contributed by atoms with E-state index in [1.807, 2.05) is 38.1 Å². The second-order valence-electron chi connectivity index (χ2n) is 4.87. The summed E-state index contributed by atoms with van der Waals surface area (Å²) in [4.78, 5) is 11.9. The van der Waals surface area contributed by atoms with Crippen LogP contribution in [0.2, 0.25) is 0 Å². The minimum atomic E-state index is -0.248. The Kier molecular flexibility index (Phi) is 4.87. The molecule has 2 aromatic rings. The molecule has 2 rings (SSSR count). The zero-order valence-corrected chi connectivity index (χ0v) is 12.5. The number of hydrogen-bond donors (Lipinski definition) is 2. The first-order valence-corrected chi connectivity index (χ1v) is 6.81. The topological polar surface area (TPSA) is 63.5 Å². The normalized spacial score (nSPS) is 11.8. The molecule has 2 N–H and O–H groups in total. The monoisotopic (exact) mass is 288 g/mol. The molecule has 1 heterocycles. The molecule has 0 saturated carbocycles. The molecule has 5 nitrogen and oxygen atoms in total. The van der Waals surface area contributed by atoms with Gasteiger partial charge in [-0.15, -0.1) is 0 Å². The first-order valence-electron chi connectivity index (χ1n) is 6.81. The number of benzene rings is 1. The molecule has 1 aromatic heterocycles. The van der Waals surface area contributed by atoms with Crippen molar-refractivity contribution in [2.75, 3.05) is 7.11 Å². The van der Waals surface area contributed by atoms with Gasteiger partial charge >= 0.3 is 6.03 Å². The standard InChI is InChI=1S/C16H20N2O3/c1-11-6-7-15(20-3)14(9-11)12(2)18-16(19)17-10-13-5-4-8-21-13/h4-9,12H,10H2,1-3H3,(H2,17,18,19). The van der Waals surface area contributed by atoms with Crippen LogP contribution in [0, 0.1) is 6.92 Å². The van der Waals surface area contributed by atoms with Gasteiger partial charge in [0.25, 0.3) is 0 Å². The van der Waals surface area contributed by atoms with E-state index >= 15 is 0 Å². The van der Waals surface area contributed by atoms with Gasteiger partial charge in [0.1, 0.15) is 11.5 Å². The Balaban J connectivity index is 1.95. The number of furan rings is 1. The highest BCUT2D eigenvalue weighted by atomic mass is 16.5. The summed E-state index contributed by atoms with van der Waals surface area (Å²) in [6.07, 6.45) is 1.58. The van der Waals surface area contributed by atoms with Gasteiger partial charge < -0.3 is 19.8 Å². The summed E-state index contributed by atoms with van der Waals surface area (Å²) in [6, 6.07) is 9.09. The quantitative estimate of drug-likeness (QED) is 0.888. The molecule has 5 heteroatoms. The number of urea groups is 1. The van der Waals surface area contributed by atoms with E-state index in [1.165, 1.54) is 0 Å². The van der Waals surface area contributed by atoms with E-state index in [4.69, 9.17) is 9.15 Å². The van der Waals surface area contributed by atoms with Crippen molar-refractivity contribution in [3.63, 3.8) is 0 Å². The van der Waals surface area contributed by atoms with Crippen LogP contribution in [0.15, 0.2) is 41.0 Å². The molecule has 0 aliphatic carbocycles. The van der Waals surface area contributed by atoms with Gasteiger partial charge in [0.2, 0.25) is 0 Å². The number of aryl methyl sites for hydroxylation is 1. The molecule has 1 atom stereocenters. The summed E-state index contributed by atoms with van der Waals surface area (Å²) in [5.41, 5.74) is 2.07. The van der Waals surface area contributed by atoms with Gasteiger partial charge in [-0.3, -0.25) is 0 Å². The molecule has 0 saturated heterocycles. The third-order valence-corrected chi connectivity index (χ3v) is 3.20. The Morgan fingerprint density at radius 2 is 2.19 bits per heavy atom. The maximum Gasteiger partial charge on any atom is 0.315 e. The lowest BCUT2D eigenvalue weighted by molar-refractivity contribution is 0.236. The van der Waals surface area contributed by atoms with Gasteiger partial charge in [0.05, 0.1) is 26.0 Å². The number of amides is 2. The highest BCUT2D eigenvalue weighted by molar-refractivity contribution is 5.74. The van der Waals surface area contributed by atoms with E-state index in [1.54, 1.807) is 19.4 Å². The molecule has 21 heavy (non-hydrogen) atoms. The predicted octanol–water partition coefficient (Wildman–Crippen LogP) is 3.16. The molecule has 0 bridgehead atoms. The fourth-order valence-corrected chi connectivity index (χ4v) is 2.10. The molecule has 1 aromatic carbocycles. The smallest absolute Gasteiger partial charge is 0.315 e. The van der Waals surface area contributed by atoms with Crippen molar-refractivity contribution in [3.05, 3.63) is 53.5 Å². The molecular weight excluding hydrogens is 268 g/mol. The van der Waals surface area contributed by atoms with Gasteiger partial charge in [0, 0.05) is 5.56 Å². The van der Waals surface area contributed by atoms with E-state index in [0.717, 1.165) is 16.9 Å². The van der Waals surface area contributed by atoms with Crippen LogP contribution < -0.4 is 15.4 Å². The number of ether oxygens (including phenoxy) is 1. The van der Waals surface area contributed by atoms with Crippen LogP contribution in [-0.2, 0) is 6.54 Å². The molecule has 112 valence electrons. The lowest BCUT2D eigenvalue weighted by Gasteiger charge is -2.18. The molecule has 1 unspecified atom stereocenters. The Labute approximate surface area is 124 Å². The summed E-state index contributed by atoms with van der Waals surface area (Å²) >= 11 is 0. The fraction of sp³-hybridized carbons (Fsp3) is 0.312. The zero-order chi connectivity index (χ0) is 15.2. The van der Waals surface area contributed by atoms with Crippen molar-refractivity contribution in [2.45, 2.75) is 26.4 Å². The SMILES string of the molecule is COc1ccc(C)cc1C(C)NC(=O)NCc1ccco1. The minimum Gasteiger partial charge on any atom is -0.496 e. The van der Waals surface area contributed by atoms with E-state index in [2.05, 4.69) is 10.6 Å². The highest BCUT2D eigenvalue weighted by Crippen LogP contribution is 2.25. The zero-order valence-electron chi connectivity index (χ0n) is 12.5. The van der Waals surface area contributed by atoms with E-state index < -0.39 is 0 Å². The largest absolute Gasteiger partial charge is 0.496 e. The van der Waals surface area contributed by atoms with Crippen LogP contribution in [0.25, 0.3) is 0 Å². The third-order valence-electron chi connectivity index (χ3n) is 3.20. The summed E-state index contributed by atoms with van der Waals surface area (Å²) in [7, 11) is 1.62. The van der Waals surface area contributed by atoms with E-state index in [0.29, 0.717) is 12.3 Å². The number of methoxy groups -OCH3 is 1. The maximum absolute atomic E-state index is 11.9. The Bertz CT molecular complexity index is 594. The van der Waals surface area contributed by atoms with Crippen molar-refractivity contribution in [2.24, 2.45) is 0 Å². The van der Waals surface area contributed by atoms with Crippen molar-refractivity contribution < 1.29 is 13.9 Å². The number of rotatable bonds is 5. The van der Waals surface area contributed by atoms with E-state index in [-0.39, 0.29) is 12.1 Å². The average molecular weight is 288 g/mol. The maximum atomic E-state index is 11.9. The van der Waals surface area contributed by atoms with Gasteiger partial charge in [-0.1, -0.05) is 17.7 Å². The molecule has 0 fully saturated rings. The lowest BCUT2D eigenvalue weighted by Crippen LogP contribution is -2.36. The fourth-order valence-electron chi connectivity index (χ4n) is 2.10. The second kappa shape index (κ2) is 6.83. The number of hydrogen-bond acceptors (Lipinski definition) is 3. The van der Waals surface area contributed by atoms with Crippen LogP contribution in [0.4, 0.5) is 4.79 Å². The van der Waals surface area contributed by atoms with Crippen LogP contribution in [0.5, 0.6) is 5.75 Å². The summed E-state index contributed by atoms with van der Waals surface area (Å²) in [5, 5.41) is 5.64. The summed E-state index contributed by atoms with van der Waals surface area (Å²) in [6.45, 7) is 4.28. The van der Waals surface area contributed by atoms with Crippen LogP contribution >= 0.6 is 0 Å². The first kappa shape index (κ1) is 15.0. The third kappa shape index (κ3) is 4.02. The van der Waals surface area contributed by atoms with Gasteiger partial charge in [-0.2, -0.15) is 0 Å². The van der Waals surface area contributed by atoms with E-state index in [9.17, 15) is 4.79 Å². The van der Waals surface area contributed by atoms with Gasteiger partial charge in [0.15, 0.2) is 0 Å². The Morgan fingerprint density at radius 1 is 1.38 bits per heavy atom. The number of carbonyl (C=O) groups is 1. The van der Waals surface area contributed by atoms with Crippen molar-refractivity contribution in [1.82, 2.24) is 10.6 Å². The van der Waals surface area contributed by atoms with Gasteiger partial charge in [-0.05, 0) is 32.0 Å². The highest BCUT2D eigenvalue weighted by Gasteiger charge is 2.14. The van der Waals surface area contributed by atoms with Crippen LogP contribution in [-0.4, -0.2) is 13.1 Å². The number of carbonyl (C=O) groups excluding carboxylic acids is 1.